The zero-order valence-corrected chi connectivity index (χ0v) is 14.0. The Labute approximate surface area is 138 Å². The van der Waals surface area contributed by atoms with Crippen LogP contribution in [0.4, 0.5) is 0 Å². The lowest BCUT2D eigenvalue weighted by molar-refractivity contribution is -0.141. The molecule has 0 N–H and O–H groups in total. The molecule has 2 amide bonds. The molecule has 6 heteroatoms. The molecular weight excluding hydrogens is 294 g/mol. The molecule has 0 spiro atoms. The molecule has 1 saturated carbocycles. The maximum absolute atomic E-state index is 12.4. The van der Waals surface area contributed by atoms with Crippen LogP contribution in [-0.2, 0) is 14.3 Å². The van der Waals surface area contributed by atoms with Crippen molar-refractivity contribution < 1.29 is 14.3 Å². The third-order valence-corrected chi connectivity index (χ3v) is 5.39. The van der Waals surface area contributed by atoms with Crippen molar-refractivity contribution in [3.8, 4) is 0 Å². The molecule has 1 aliphatic carbocycles. The van der Waals surface area contributed by atoms with Gasteiger partial charge in [-0.1, -0.05) is 12.8 Å². The molecule has 0 bridgehead atoms. The van der Waals surface area contributed by atoms with E-state index in [2.05, 4.69) is 4.90 Å². The summed E-state index contributed by atoms with van der Waals surface area (Å²) in [4.78, 5) is 30.7. The van der Waals surface area contributed by atoms with Crippen molar-refractivity contribution in [2.24, 2.45) is 5.92 Å². The predicted octanol–water partition coefficient (Wildman–Crippen LogP) is 0.570. The lowest BCUT2D eigenvalue weighted by atomic mass is 10.0. The fourth-order valence-corrected chi connectivity index (χ4v) is 3.85. The summed E-state index contributed by atoms with van der Waals surface area (Å²) in [5, 5.41) is 0. The minimum absolute atomic E-state index is 0.190. The first-order valence-electron chi connectivity index (χ1n) is 9.08. The van der Waals surface area contributed by atoms with E-state index in [1.54, 1.807) is 0 Å². The monoisotopic (exact) mass is 323 g/mol. The van der Waals surface area contributed by atoms with Gasteiger partial charge in [-0.25, -0.2) is 0 Å². The molecule has 0 radical (unpaired) electrons. The van der Waals surface area contributed by atoms with E-state index in [4.69, 9.17) is 4.74 Å². The minimum Gasteiger partial charge on any atom is -0.379 e. The SMILES string of the molecule is O=C(CC1CCCC1)N1CCN(C(=O)CN2CCOCC2)CC1. The number of carbonyl (C=O) groups excluding carboxylic acids is 2. The molecule has 2 saturated heterocycles. The molecule has 3 aliphatic rings. The van der Waals surface area contributed by atoms with Crippen LogP contribution in [0.1, 0.15) is 32.1 Å². The van der Waals surface area contributed by atoms with E-state index in [0.717, 1.165) is 26.3 Å². The second-order valence-corrected chi connectivity index (χ2v) is 7.00. The first-order chi connectivity index (χ1) is 11.2. The lowest BCUT2D eigenvalue weighted by Crippen LogP contribution is -2.53. The van der Waals surface area contributed by atoms with Crippen LogP contribution >= 0.6 is 0 Å². The number of morpholine rings is 1. The minimum atomic E-state index is 0.190. The molecule has 0 aromatic rings. The Kier molecular flexibility index (Phi) is 5.89. The summed E-state index contributed by atoms with van der Waals surface area (Å²) in [6.45, 7) is 6.35. The second kappa shape index (κ2) is 8.11. The van der Waals surface area contributed by atoms with E-state index in [0.29, 0.717) is 45.1 Å². The summed E-state index contributed by atoms with van der Waals surface area (Å²) < 4.78 is 5.31. The fraction of sp³-hybridized carbons (Fsp3) is 0.882. The van der Waals surface area contributed by atoms with E-state index >= 15 is 0 Å². The molecule has 0 aromatic heterocycles. The largest absolute Gasteiger partial charge is 0.379 e. The Morgan fingerprint density at radius 2 is 1.39 bits per heavy atom. The summed E-state index contributed by atoms with van der Waals surface area (Å²) in [6, 6.07) is 0. The number of ether oxygens (including phenoxy) is 1. The number of rotatable bonds is 4. The Hall–Kier alpha value is -1.14. The van der Waals surface area contributed by atoms with Crippen LogP contribution in [0.5, 0.6) is 0 Å². The smallest absolute Gasteiger partial charge is 0.236 e. The van der Waals surface area contributed by atoms with Crippen LogP contribution in [0.15, 0.2) is 0 Å². The molecule has 0 unspecified atom stereocenters. The number of nitrogens with zero attached hydrogens (tertiary/aromatic N) is 3. The quantitative estimate of drug-likeness (QED) is 0.759. The second-order valence-electron chi connectivity index (χ2n) is 7.00. The van der Waals surface area contributed by atoms with Gasteiger partial charge < -0.3 is 14.5 Å². The zero-order chi connectivity index (χ0) is 16.1. The van der Waals surface area contributed by atoms with Gasteiger partial charge >= 0.3 is 0 Å². The highest BCUT2D eigenvalue weighted by atomic mass is 16.5. The Balaban J connectivity index is 1.38. The van der Waals surface area contributed by atoms with Gasteiger partial charge in [-0.3, -0.25) is 14.5 Å². The predicted molar refractivity (Wildman–Crippen MR) is 87.0 cm³/mol. The van der Waals surface area contributed by atoms with E-state index < -0.39 is 0 Å². The maximum Gasteiger partial charge on any atom is 0.236 e. The van der Waals surface area contributed by atoms with Crippen LogP contribution in [0.2, 0.25) is 0 Å². The van der Waals surface area contributed by atoms with E-state index in [-0.39, 0.29) is 11.8 Å². The Bertz CT molecular complexity index is 409. The highest BCUT2D eigenvalue weighted by molar-refractivity contribution is 5.79. The van der Waals surface area contributed by atoms with Gasteiger partial charge in [0.25, 0.3) is 0 Å². The molecule has 0 aromatic carbocycles. The van der Waals surface area contributed by atoms with Crippen molar-refractivity contribution in [3.05, 3.63) is 0 Å². The summed E-state index contributed by atoms with van der Waals surface area (Å²) >= 11 is 0. The van der Waals surface area contributed by atoms with Crippen molar-refractivity contribution in [1.82, 2.24) is 14.7 Å². The normalized spacial score (nSPS) is 24.2. The number of hydrogen-bond donors (Lipinski definition) is 0. The first kappa shape index (κ1) is 16.7. The molecule has 2 aliphatic heterocycles. The molecule has 23 heavy (non-hydrogen) atoms. The number of carbonyl (C=O) groups is 2. The van der Waals surface area contributed by atoms with Gasteiger partial charge in [-0.05, 0) is 18.8 Å². The van der Waals surface area contributed by atoms with Crippen molar-refractivity contribution in [2.45, 2.75) is 32.1 Å². The molecular formula is C17H29N3O3. The summed E-state index contributed by atoms with van der Waals surface area (Å²) in [5.41, 5.74) is 0. The van der Waals surface area contributed by atoms with Gasteiger partial charge in [0.1, 0.15) is 0 Å². The van der Waals surface area contributed by atoms with Gasteiger partial charge in [0.2, 0.25) is 11.8 Å². The number of piperazine rings is 1. The van der Waals surface area contributed by atoms with Crippen molar-refractivity contribution in [2.75, 3.05) is 59.0 Å². The van der Waals surface area contributed by atoms with Crippen LogP contribution in [0.25, 0.3) is 0 Å². The van der Waals surface area contributed by atoms with Crippen molar-refractivity contribution >= 4 is 11.8 Å². The summed E-state index contributed by atoms with van der Waals surface area (Å²) in [6.07, 6.45) is 5.69. The molecule has 0 atom stereocenters. The summed E-state index contributed by atoms with van der Waals surface area (Å²) in [7, 11) is 0. The standard InChI is InChI=1S/C17H29N3O3/c21-16(13-15-3-1-2-4-15)19-5-7-20(8-6-19)17(22)14-18-9-11-23-12-10-18/h15H,1-14H2. The number of amides is 2. The van der Waals surface area contributed by atoms with Crippen LogP contribution in [-0.4, -0.2) is 85.5 Å². The first-order valence-corrected chi connectivity index (χ1v) is 9.08. The molecule has 3 fully saturated rings. The lowest BCUT2D eigenvalue weighted by Gasteiger charge is -2.36. The Morgan fingerprint density at radius 1 is 0.826 bits per heavy atom. The highest BCUT2D eigenvalue weighted by Crippen LogP contribution is 2.28. The molecule has 130 valence electrons. The van der Waals surface area contributed by atoms with Gasteiger partial charge in [0.15, 0.2) is 0 Å². The highest BCUT2D eigenvalue weighted by Gasteiger charge is 2.27. The van der Waals surface area contributed by atoms with Gasteiger partial charge in [0, 0.05) is 45.7 Å². The van der Waals surface area contributed by atoms with Crippen LogP contribution < -0.4 is 0 Å². The molecule has 2 heterocycles. The van der Waals surface area contributed by atoms with Crippen LogP contribution in [0, 0.1) is 5.92 Å². The average Bonchev–Trinajstić information content (AvgIpc) is 3.09. The van der Waals surface area contributed by atoms with Gasteiger partial charge in [-0.2, -0.15) is 0 Å². The maximum atomic E-state index is 12.4. The third-order valence-electron chi connectivity index (χ3n) is 5.39. The van der Waals surface area contributed by atoms with E-state index in [9.17, 15) is 9.59 Å². The average molecular weight is 323 g/mol. The van der Waals surface area contributed by atoms with Gasteiger partial charge in [-0.15, -0.1) is 0 Å². The zero-order valence-electron chi connectivity index (χ0n) is 14.0. The summed E-state index contributed by atoms with van der Waals surface area (Å²) in [5.74, 6) is 1.08. The van der Waals surface area contributed by atoms with Crippen LogP contribution in [0.3, 0.4) is 0 Å². The fourth-order valence-electron chi connectivity index (χ4n) is 3.85. The van der Waals surface area contributed by atoms with Crippen molar-refractivity contribution in [3.63, 3.8) is 0 Å². The van der Waals surface area contributed by atoms with Crippen molar-refractivity contribution in [1.29, 1.82) is 0 Å². The van der Waals surface area contributed by atoms with E-state index in [1.807, 2.05) is 9.80 Å². The van der Waals surface area contributed by atoms with Gasteiger partial charge in [0.05, 0.1) is 19.8 Å². The molecule has 6 nitrogen and oxygen atoms in total. The third kappa shape index (κ3) is 4.67. The van der Waals surface area contributed by atoms with E-state index in [1.165, 1.54) is 25.7 Å². The number of hydrogen-bond acceptors (Lipinski definition) is 4. The Morgan fingerprint density at radius 3 is 2.00 bits per heavy atom. The molecule has 3 rings (SSSR count). The topological polar surface area (TPSA) is 53.1 Å².